The second-order valence-electron chi connectivity index (χ2n) is 21.7. The van der Waals surface area contributed by atoms with E-state index in [9.17, 15) is 54.7 Å². The number of hydrogen-bond donors (Lipinski definition) is 7. The second kappa shape index (κ2) is 36.1. The Kier molecular flexibility index (Phi) is 28.2. The van der Waals surface area contributed by atoms with Crippen molar-refractivity contribution in [2.75, 3.05) is 10.6 Å². The number of halogens is 9. The van der Waals surface area contributed by atoms with Crippen LogP contribution in [0.2, 0.25) is 5.02 Å². The van der Waals surface area contributed by atoms with E-state index >= 15 is 0 Å². The molecule has 490 valence electrons. The lowest BCUT2D eigenvalue weighted by Gasteiger charge is -2.28. The summed E-state index contributed by atoms with van der Waals surface area (Å²) < 4.78 is 92.8. The number of carboxylic acids is 5. The molecule has 10 rings (SSSR count). The number of nitrogens with one attached hydrogen (secondary N) is 2. The van der Waals surface area contributed by atoms with E-state index in [1.807, 2.05) is 48.5 Å². The molecule has 7 N–H and O–H groups in total. The van der Waals surface area contributed by atoms with Gasteiger partial charge in [0.2, 0.25) is 5.92 Å². The van der Waals surface area contributed by atoms with E-state index in [2.05, 4.69) is 57.5 Å². The highest BCUT2D eigenvalue weighted by Gasteiger charge is 2.34. The zero-order valence-corrected chi connectivity index (χ0v) is 53.4. The fraction of sp³-hybridized carbons (Fsp3) is 0.192. The van der Waals surface area contributed by atoms with Crippen molar-refractivity contribution in [1.82, 2.24) is 0 Å². The molecule has 0 saturated heterocycles. The topological polar surface area (TPSA) is 211 Å². The molecule has 9 aromatic carbocycles. The van der Waals surface area contributed by atoms with Gasteiger partial charge in [0.05, 0.1) is 33.5 Å². The van der Waals surface area contributed by atoms with E-state index in [4.69, 9.17) is 37.1 Å². The zero-order valence-electron chi connectivity index (χ0n) is 50.5. The van der Waals surface area contributed by atoms with Gasteiger partial charge in [0.25, 0.3) is 0 Å². The van der Waals surface area contributed by atoms with E-state index in [1.165, 1.54) is 59.2 Å². The SMILES string of the molecule is Cc1cc(CCc2ccccc2)c(Cl)cc1C(=O)O.O=C(O)c1ccc(CC2CCC(F)(F)CC2)cc1.O=C(O)c1ccc(CCc2ccccc2)c(I)c1.O=C(O)c1ccc(CNc2c(F)cccc2F)cc1.O=C(O)c1ccc(CNc2ccc(F)c(F)c2F)cc1. The Labute approximate surface area is 556 Å². The van der Waals surface area contributed by atoms with Gasteiger partial charge >= 0.3 is 29.8 Å². The highest BCUT2D eigenvalue weighted by molar-refractivity contribution is 14.1. The van der Waals surface area contributed by atoms with Crippen molar-refractivity contribution in [2.45, 2.75) is 83.7 Å². The molecule has 0 unspecified atom stereocenters. The van der Waals surface area contributed by atoms with Gasteiger partial charge in [-0.2, -0.15) is 0 Å². The highest BCUT2D eigenvalue weighted by atomic mass is 127. The molecule has 1 saturated carbocycles. The van der Waals surface area contributed by atoms with Crippen LogP contribution in [0.1, 0.15) is 122 Å². The maximum absolute atomic E-state index is 13.4. The van der Waals surface area contributed by atoms with Gasteiger partial charge in [-0.05, 0) is 204 Å². The summed E-state index contributed by atoms with van der Waals surface area (Å²) in [6.07, 6.45) is 5.43. The molecule has 0 bridgehead atoms. The van der Waals surface area contributed by atoms with E-state index in [-0.39, 0.29) is 59.6 Å². The second-order valence-corrected chi connectivity index (χ2v) is 23.3. The number of aryl methyl sites for hydroxylation is 5. The van der Waals surface area contributed by atoms with Crippen LogP contribution in [0.15, 0.2) is 194 Å². The number of aromatic carboxylic acids is 5. The fourth-order valence-electron chi connectivity index (χ4n) is 9.56. The number of anilines is 2. The molecule has 1 aliphatic carbocycles. The van der Waals surface area contributed by atoms with Crippen molar-refractivity contribution in [3.63, 3.8) is 0 Å². The minimum atomic E-state index is -2.48. The fourth-order valence-corrected chi connectivity index (χ4v) is 10.6. The Hall–Kier alpha value is -9.54. The molecule has 0 aromatic heterocycles. The van der Waals surface area contributed by atoms with Gasteiger partial charge in [0.15, 0.2) is 17.5 Å². The smallest absolute Gasteiger partial charge is 0.336 e. The molecule has 21 heteroatoms. The largest absolute Gasteiger partial charge is 0.478 e. The van der Waals surface area contributed by atoms with Crippen molar-refractivity contribution in [2.24, 2.45) is 5.92 Å². The molecule has 0 radical (unpaired) electrons. The molecule has 0 atom stereocenters. The summed E-state index contributed by atoms with van der Waals surface area (Å²) in [6, 6.07) is 53.4. The van der Waals surface area contributed by atoms with Gasteiger partial charge in [-0.25, -0.2) is 54.7 Å². The first-order valence-electron chi connectivity index (χ1n) is 29.3. The number of rotatable bonds is 19. The maximum Gasteiger partial charge on any atom is 0.336 e. The molecule has 0 spiro atoms. The van der Waals surface area contributed by atoms with Crippen LogP contribution < -0.4 is 10.6 Å². The molecule has 0 amide bonds. The molecule has 0 heterocycles. The molecule has 9 aromatic rings. The number of carboxylic acid groups (broad SMARTS) is 5. The molecule has 12 nitrogen and oxygen atoms in total. The first-order chi connectivity index (χ1) is 44.8. The minimum absolute atomic E-state index is 0.0229. The third-order valence-electron chi connectivity index (χ3n) is 14.9. The van der Waals surface area contributed by atoms with Crippen LogP contribution in [-0.2, 0) is 45.2 Å². The van der Waals surface area contributed by atoms with Gasteiger partial charge in [-0.1, -0.05) is 127 Å². The summed E-state index contributed by atoms with van der Waals surface area (Å²) in [5.74, 6) is -12.4. The van der Waals surface area contributed by atoms with Gasteiger partial charge in [0, 0.05) is 34.5 Å². The average molecular weight is 1430 g/mol. The first kappa shape index (κ1) is 73.5. The van der Waals surface area contributed by atoms with E-state index in [0.717, 1.165) is 70.1 Å². The van der Waals surface area contributed by atoms with Crippen LogP contribution in [0.4, 0.5) is 42.1 Å². The quantitative estimate of drug-likeness (QED) is 0.0229. The van der Waals surface area contributed by atoms with E-state index in [1.54, 1.807) is 73.7 Å². The third kappa shape index (κ3) is 23.5. The van der Waals surface area contributed by atoms with E-state index in [0.29, 0.717) is 34.9 Å². The summed E-state index contributed by atoms with van der Waals surface area (Å²) >= 11 is 8.35. The number of alkyl halides is 2. The maximum atomic E-state index is 13.4. The van der Waals surface area contributed by atoms with Crippen molar-refractivity contribution in [3.05, 3.63) is 304 Å². The number of benzene rings is 9. The number of hydrogen-bond acceptors (Lipinski definition) is 7. The summed E-state index contributed by atoms with van der Waals surface area (Å²) in [5.41, 5.74) is 8.75. The standard InChI is InChI=1S/C16H15ClO2.C15H13IO2.C14H10F3NO2.C14H11F2NO2.C14H16F2O2/c1-11-9-13(15(17)10-14(11)16(18)19)8-7-12-5-3-2-4-6-12;16-14-10-13(15(17)18)9-8-12(14)7-6-11-4-2-1-3-5-11;15-10-5-6-11(13(17)12(10)16)18-7-8-1-3-9(4-2-8)14(19)20;15-11-2-1-3-12(16)13(11)17-8-9-4-6-10(7-5-9)14(18)19;15-14(16)7-5-11(6-8-14)9-10-1-3-12(4-2-10)13(17)18/h2-6,9-10H,7-8H2,1H3,(H,18,19);1-5,8-10H,6-7H2,(H,17,18);1-6,18H,7H2,(H,19,20);1-7,17H,8H2,(H,18,19);1-4,11H,5-9H2,(H,17,18). The Morgan fingerprint density at radius 2 is 0.915 bits per heavy atom. The predicted octanol–water partition coefficient (Wildman–Crippen LogP) is 18.3. The van der Waals surface area contributed by atoms with Crippen molar-refractivity contribution < 1.29 is 80.2 Å². The Morgan fingerprint density at radius 1 is 0.468 bits per heavy atom. The van der Waals surface area contributed by atoms with Crippen LogP contribution in [-0.4, -0.2) is 61.3 Å². The van der Waals surface area contributed by atoms with Crippen molar-refractivity contribution in [3.8, 4) is 0 Å². The van der Waals surface area contributed by atoms with Crippen molar-refractivity contribution in [1.29, 1.82) is 0 Å². The van der Waals surface area contributed by atoms with Gasteiger partial charge in [0.1, 0.15) is 17.3 Å². The van der Waals surface area contributed by atoms with Gasteiger partial charge in [-0.15, -0.1) is 0 Å². The molecule has 1 fully saturated rings. The Balaban J connectivity index is 0.000000186. The van der Waals surface area contributed by atoms with Gasteiger partial charge < -0.3 is 36.2 Å². The molecule has 94 heavy (non-hydrogen) atoms. The summed E-state index contributed by atoms with van der Waals surface area (Å²) in [6.45, 7) is 2.16. The molecular formula is C73H65ClF7IN2O10. The van der Waals surface area contributed by atoms with Crippen LogP contribution >= 0.6 is 34.2 Å². The van der Waals surface area contributed by atoms with E-state index < -0.39 is 64.9 Å². The third-order valence-corrected chi connectivity index (χ3v) is 16.2. The lowest BCUT2D eigenvalue weighted by atomic mass is 9.83. The predicted molar refractivity (Wildman–Crippen MR) is 355 cm³/mol. The zero-order chi connectivity index (χ0) is 68.5. The normalized spacial score (nSPS) is 12.1. The average Bonchev–Trinajstić information content (AvgIpc) is 1.10. The molecule has 1 aliphatic rings. The molecule has 0 aliphatic heterocycles. The monoisotopic (exact) mass is 1420 g/mol. The van der Waals surface area contributed by atoms with Crippen LogP contribution in [0.5, 0.6) is 0 Å². The summed E-state index contributed by atoms with van der Waals surface area (Å²) in [4.78, 5) is 53.9. The lowest BCUT2D eigenvalue weighted by Crippen LogP contribution is -2.25. The highest BCUT2D eigenvalue weighted by Crippen LogP contribution is 2.37. The summed E-state index contributed by atoms with van der Waals surface area (Å²) in [7, 11) is 0. The van der Waals surface area contributed by atoms with Crippen molar-refractivity contribution >= 4 is 75.4 Å². The Bertz CT molecular complexity index is 3990. The van der Waals surface area contributed by atoms with Crippen LogP contribution in [0, 0.1) is 45.5 Å². The van der Waals surface area contributed by atoms with Crippen LogP contribution in [0.25, 0.3) is 0 Å². The van der Waals surface area contributed by atoms with Crippen LogP contribution in [0.3, 0.4) is 0 Å². The minimum Gasteiger partial charge on any atom is -0.478 e. The van der Waals surface area contributed by atoms with Gasteiger partial charge in [-0.3, -0.25) is 0 Å². The number of para-hydroxylation sites is 1. The first-order valence-corrected chi connectivity index (χ1v) is 30.7. The summed E-state index contributed by atoms with van der Waals surface area (Å²) in [5, 5.41) is 50.0. The lowest BCUT2D eigenvalue weighted by molar-refractivity contribution is -0.0456. The number of carbonyl (C=O) groups is 5. The Morgan fingerprint density at radius 3 is 1.37 bits per heavy atom. The molecular weight excluding hydrogens is 1360 g/mol.